The third-order valence-electron chi connectivity index (χ3n) is 5.93. The summed E-state index contributed by atoms with van der Waals surface area (Å²) in [5.41, 5.74) is 5.70. The molecule has 1 amide bonds. The van der Waals surface area contributed by atoms with Gasteiger partial charge in [-0.25, -0.2) is 4.79 Å². The first kappa shape index (κ1) is 17.1. The highest BCUT2D eigenvalue weighted by Gasteiger charge is 2.27. The quantitative estimate of drug-likeness (QED) is 0.719. The van der Waals surface area contributed by atoms with Crippen molar-refractivity contribution < 1.29 is 4.79 Å². The lowest BCUT2D eigenvalue weighted by Crippen LogP contribution is -2.23. The van der Waals surface area contributed by atoms with E-state index in [0.717, 1.165) is 30.0 Å². The van der Waals surface area contributed by atoms with Crippen LogP contribution in [0.15, 0.2) is 41.2 Å². The number of carbonyl (C=O) groups excluding carboxylic acids is 1. The largest absolute Gasteiger partial charge is 0.371 e. The molecular formula is C22H24N4O2. The van der Waals surface area contributed by atoms with Gasteiger partial charge >= 0.3 is 5.69 Å². The van der Waals surface area contributed by atoms with Gasteiger partial charge in [-0.2, -0.15) is 0 Å². The van der Waals surface area contributed by atoms with Crippen molar-refractivity contribution in [3.8, 4) is 0 Å². The van der Waals surface area contributed by atoms with Gasteiger partial charge in [-0.3, -0.25) is 9.36 Å². The summed E-state index contributed by atoms with van der Waals surface area (Å²) in [5, 5.41) is 2.99. The van der Waals surface area contributed by atoms with Crippen LogP contribution < -0.4 is 15.9 Å². The number of anilines is 1. The Bertz CT molecular complexity index is 1120. The fraction of sp³-hybridized carbons (Fsp3) is 0.364. The summed E-state index contributed by atoms with van der Waals surface area (Å²) >= 11 is 0. The van der Waals surface area contributed by atoms with Crippen LogP contribution in [0, 0.1) is 5.92 Å². The van der Waals surface area contributed by atoms with Gasteiger partial charge in [0.05, 0.1) is 11.0 Å². The van der Waals surface area contributed by atoms with Crippen LogP contribution in [0.2, 0.25) is 0 Å². The summed E-state index contributed by atoms with van der Waals surface area (Å²) in [4.78, 5) is 29.5. The molecule has 0 spiro atoms. The maximum Gasteiger partial charge on any atom is 0.326 e. The fourth-order valence-electron chi connectivity index (χ4n) is 4.10. The number of benzene rings is 2. The molecule has 2 aliphatic rings. The van der Waals surface area contributed by atoms with E-state index in [2.05, 4.69) is 33.4 Å². The molecule has 1 aliphatic heterocycles. The van der Waals surface area contributed by atoms with Crippen LogP contribution in [0.4, 0.5) is 5.69 Å². The summed E-state index contributed by atoms with van der Waals surface area (Å²) in [6, 6.07) is 11.8. The Kier molecular flexibility index (Phi) is 4.00. The van der Waals surface area contributed by atoms with Crippen molar-refractivity contribution in [2.45, 2.75) is 25.8 Å². The van der Waals surface area contributed by atoms with Crippen molar-refractivity contribution in [3.05, 3.63) is 63.6 Å². The number of nitrogens with one attached hydrogen (secondary N) is 2. The highest BCUT2D eigenvalue weighted by Crippen LogP contribution is 2.35. The lowest BCUT2D eigenvalue weighted by atomic mass is 10.1. The molecule has 2 heterocycles. The molecule has 0 saturated heterocycles. The lowest BCUT2D eigenvalue weighted by Gasteiger charge is -2.19. The SMILES string of the molecule is Cn1c(=O)[nH]c2cc(C(=O)NCc3ccc4c(c3)CCN4CC3CC3)ccc21. The summed E-state index contributed by atoms with van der Waals surface area (Å²) in [5.74, 6) is 0.754. The Morgan fingerprint density at radius 3 is 2.89 bits per heavy atom. The van der Waals surface area contributed by atoms with Gasteiger partial charge in [0, 0.05) is 37.9 Å². The molecule has 1 saturated carbocycles. The second-order valence-electron chi connectivity index (χ2n) is 8.01. The Labute approximate surface area is 163 Å². The van der Waals surface area contributed by atoms with Gasteiger partial charge in [0.1, 0.15) is 0 Å². The minimum atomic E-state index is -0.179. The minimum absolute atomic E-state index is 0.137. The second kappa shape index (κ2) is 6.55. The van der Waals surface area contributed by atoms with Crippen LogP contribution in [-0.4, -0.2) is 28.5 Å². The van der Waals surface area contributed by atoms with Crippen LogP contribution in [0.3, 0.4) is 0 Å². The number of aromatic nitrogens is 2. The summed E-state index contributed by atoms with van der Waals surface area (Å²) in [7, 11) is 1.71. The van der Waals surface area contributed by atoms with Crippen LogP contribution in [-0.2, 0) is 20.0 Å². The highest BCUT2D eigenvalue weighted by atomic mass is 16.2. The van der Waals surface area contributed by atoms with Crippen LogP contribution in [0.5, 0.6) is 0 Å². The zero-order valence-electron chi connectivity index (χ0n) is 16.0. The van der Waals surface area contributed by atoms with Gasteiger partial charge in [0.25, 0.3) is 5.91 Å². The zero-order valence-corrected chi connectivity index (χ0v) is 16.0. The van der Waals surface area contributed by atoms with Crippen LogP contribution in [0.1, 0.15) is 34.3 Å². The molecule has 28 heavy (non-hydrogen) atoms. The van der Waals surface area contributed by atoms with Gasteiger partial charge in [-0.05, 0) is 60.6 Å². The predicted octanol–water partition coefficient (Wildman–Crippen LogP) is 2.57. The van der Waals surface area contributed by atoms with E-state index in [1.54, 1.807) is 25.2 Å². The molecule has 6 heteroatoms. The summed E-state index contributed by atoms with van der Waals surface area (Å²) in [6.07, 6.45) is 3.83. The highest BCUT2D eigenvalue weighted by molar-refractivity contribution is 5.97. The third-order valence-corrected chi connectivity index (χ3v) is 5.93. The molecule has 0 atom stereocenters. The van der Waals surface area contributed by atoms with Crippen molar-refractivity contribution in [2.24, 2.45) is 13.0 Å². The van der Waals surface area contributed by atoms with Crippen molar-refractivity contribution in [2.75, 3.05) is 18.0 Å². The molecule has 6 nitrogen and oxygen atoms in total. The molecule has 3 aromatic rings. The molecule has 0 radical (unpaired) electrons. The molecule has 144 valence electrons. The number of H-pyrrole nitrogens is 1. The molecule has 5 rings (SSSR count). The number of imidazole rings is 1. The Balaban J connectivity index is 1.27. The normalized spacial score (nSPS) is 15.8. The van der Waals surface area contributed by atoms with Gasteiger partial charge in [0.2, 0.25) is 0 Å². The molecule has 2 aromatic carbocycles. The van der Waals surface area contributed by atoms with Crippen LogP contribution >= 0.6 is 0 Å². The Morgan fingerprint density at radius 2 is 2.07 bits per heavy atom. The first-order valence-corrected chi connectivity index (χ1v) is 9.92. The number of carbonyl (C=O) groups is 1. The number of rotatable bonds is 5. The number of hydrogen-bond donors (Lipinski definition) is 2. The smallest absolute Gasteiger partial charge is 0.326 e. The van der Waals surface area contributed by atoms with Crippen molar-refractivity contribution >= 4 is 22.6 Å². The first-order valence-electron chi connectivity index (χ1n) is 9.92. The van der Waals surface area contributed by atoms with E-state index in [0.29, 0.717) is 17.6 Å². The zero-order chi connectivity index (χ0) is 19.3. The topological polar surface area (TPSA) is 70.1 Å². The number of fused-ring (bicyclic) bond motifs is 2. The first-order chi connectivity index (χ1) is 13.6. The number of hydrogen-bond acceptors (Lipinski definition) is 3. The molecule has 0 unspecified atom stereocenters. The van der Waals surface area contributed by atoms with Gasteiger partial charge in [0.15, 0.2) is 0 Å². The summed E-state index contributed by atoms with van der Waals surface area (Å²) < 4.78 is 1.54. The fourth-order valence-corrected chi connectivity index (χ4v) is 4.10. The number of nitrogens with zero attached hydrogens (tertiary/aromatic N) is 2. The van der Waals surface area contributed by atoms with E-state index in [4.69, 9.17) is 0 Å². The van der Waals surface area contributed by atoms with Crippen molar-refractivity contribution in [1.82, 2.24) is 14.9 Å². The molecule has 1 aromatic heterocycles. The van der Waals surface area contributed by atoms with Gasteiger partial charge in [-0.15, -0.1) is 0 Å². The van der Waals surface area contributed by atoms with Crippen LogP contribution in [0.25, 0.3) is 11.0 Å². The maximum atomic E-state index is 12.5. The second-order valence-corrected chi connectivity index (χ2v) is 8.01. The number of aromatic amines is 1. The van der Waals surface area contributed by atoms with E-state index in [-0.39, 0.29) is 11.6 Å². The summed E-state index contributed by atoms with van der Waals surface area (Å²) in [6.45, 7) is 2.79. The standard InChI is InChI=1S/C22H24N4O2/c1-25-20-7-5-17(11-18(20)24-22(25)28)21(27)23-12-15-4-6-19-16(10-15)8-9-26(19)13-14-2-3-14/h4-7,10-11,14H,2-3,8-9,12-13H2,1H3,(H,23,27)(H,24,28). The Morgan fingerprint density at radius 1 is 1.21 bits per heavy atom. The lowest BCUT2D eigenvalue weighted by molar-refractivity contribution is 0.0951. The van der Waals surface area contributed by atoms with E-state index in [1.807, 2.05) is 0 Å². The maximum absolute atomic E-state index is 12.5. The molecule has 1 fully saturated rings. The van der Waals surface area contributed by atoms with Gasteiger partial charge < -0.3 is 15.2 Å². The van der Waals surface area contributed by atoms with E-state index in [1.165, 1.54) is 35.2 Å². The minimum Gasteiger partial charge on any atom is -0.371 e. The number of aryl methyl sites for hydroxylation is 1. The monoisotopic (exact) mass is 376 g/mol. The Hall–Kier alpha value is -3.02. The average Bonchev–Trinajstić information content (AvgIpc) is 3.37. The predicted molar refractivity (Wildman–Crippen MR) is 110 cm³/mol. The van der Waals surface area contributed by atoms with Crippen molar-refractivity contribution in [3.63, 3.8) is 0 Å². The number of amides is 1. The molecule has 2 N–H and O–H groups in total. The molecule has 1 aliphatic carbocycles. The van der Waals surface area contributed by atoms with Crippen molar-refractivity contribution in [1.29, 1.82) is 0 Å². The third kappa shape index (κ3) is 3.09. The van der Waals surface area contributed by atoms with E-state index >= 15 is 0 Å². The van der Waals surface area contributed by atoms with E-state index < -0.39 is 0 Å². The molecule has 0 bridgehead atoms. The van der Waals surface area contributed by atoms with Gasteiger partial charge in [-0.1, -0.05) is 12.1 Å². The molecular weight excluding hydrogens is 352 g/mol. The average molecular weight is 376 g/mol. The van der Waals surface area contributed by atoms with E-state index in [9.17, 15) is 9.59 Å².